The fourth-order valence-corrected chi connectivity index (χ4v) is 2.86. The highest BCUT2D eigenvalue weighted by Gasteiger charge is 2.11. The molecule has 0 aliphatic heterocycles. The molecule has 3 N–H and O–H groups in total. The monoisotopic (exact) mass is 506 g/mol. The van der Waals surface area contributed by atoms with Gasteiger partial charge in [0.25, 0.3) is 0 Å². The minimum absolute atomic E-state index is 0. The molecule has 0 amide bonds. The molecule has 1 aromatic heterocycles. The number of aromatic nitrogens is 1. The van der Waals surface area contributed by atoms with E-state index in [1.807, 2.05) is 73.7 Å². The lowest BCUT2D eigenvalue weighted by Gasteiger charge is -2.17. The summed E-state index contributed by atoms with van der Waals surface area (Å²) in [5.74, 6) is 1.41. The number of aliphatic imine (C=N–C) groups is 1. The van der Waals surface area contributed by atoms with Crippen LogP contribution in [0.2, 0.25) is 0 Å². The predicted molar refractivity (Wildman–Crippen MR) is 126 cm³/mol. The molecule has 7 heteroatoms. The first-order chi connectivity index (χ1) is 13.8. The van der Waals surface area contributed by atoms with Gasteiger partial charge in [0.2, 0.25) is 0 Å². The summed E-state index contributed by atoms with van der Waals surface area (Å²) in [7, 11) is 0. The average molecular weight is 506 g/mol. The first-order valence-corrected chi connectivity index (χ1v) is 9.49. The maximum absolute atomic E-state index is 9.72. The molecule has 1 unspecified atom stereocenters. The van der Waals surface area contributed by atoms with Gasteiger partial charge in [0, 0.05) is 30.6 Å². The standard InChI is InChI=1S/C22H26N4O2.HI/c1-2-23-22(24-14-19(16-27)17-9-5-3-6-10-17)25-15-20-13-21(28-26-20)18-11-7-4-8-12-18;/h3-13,19,27H,2,14-16H2,1H3,(H2,23,24,25);1H. The van der Waals surface area contributed by atoms with Crippen LogP contribution in [0.3, 0.4) is 0 Å². The molecule has 29 heavy (non-hydrogen) atoms. The fourth-order valence-electron chi connectivity index (χ4n) is 2.86. The molecule has 0 bridgehead atoms. The zero-order chi connectivity index (χ0) is 19.6. The van der Waals surface area contributed by atoms with Gasteiger partial charge in [-0.1, -0.05) is 65.8 Å². The largest absolute Gasteiger partial charge is 0.396 e. The van der Waals surface area contributed by atoms with Crippen LogP contribution >= 0.6 is 24.0 Å². The second kappa shape index (κ2) is 12.2. The van der Waals surface area contributed by atoms with E-state index in [9.17, 15) is 5.11 Å². The maximum atomic E-state index is 9.72. The molecule has 154 valence electrons. The van der Waals surface area contributed by atoms with Crippen molar-refractivity contribution >= 4 is 29.9 Å². The summed E-state index contributed by atoms with van der Waals surface area (Å²) in [6.07, 6.45) is 0. The van der Waals surface area contributed by atoms with Crippen LogP contribution in [0.1, 0.15) is 24.1 Å². The van der Waals surface area contributed by atoms with E-state index in [2.05, 4.69) is 20.8 Å². The number of benzene rings is 2. The van der Waals surface area contributed by atoms with Crippen LogP contribution in [-0.4, -0.2) is 35.9 Å². The first-order valence-electron chi connectivity index (χ1n) is 9.49. The van der Waals surface area contributed by atoms with Crippen molar-refractivity contribution in [3.8, 4) is 11.3 Å². The highest BCUT2D eigenvalue weighted by molar-refractivity contribution is 14.0. The Balaban J connectivity index is 0.00000300. The van der Waals surface area contributed by atoms with E-state index >= 15 is 0 Å². The highest BCUT2D eigenvalue weighted by atomic mass is 127. The Hall–Kier alpha value is -2.39. The zero-order valence-corrected chi connectivity index (χ0v) is 18.7. The van der Waals surface area contributed by atoms with Crippen molar-refractivity contribution in [3.05, 3.63) is 78.0 Å². The summed E-state index contributed by atoms with van der Waals surface area (Å²) < 4.78 is 5.42. The summed E-state index contributed by atoms with van der Waals surface area (Å²) in [5, 5.41) is 20.3. The smallest absolute Gasteiger partial charge is 0.191 e. The van der Waals surface area contributed by atoms with Crippen molar-refractivity contribution in [1.82, 2.24) is 15.8 Å². The molecule has 0 aliphatic carbocycles. The molecular weight excluding hydrogens is 479 g/mol. The second-order valence-corrected chi connectivity index (χ2v) is 6.41. The SMILES string of the molecule is CCNC(=NCc1cc(-c2ccccc2)on1)NCC(CO)c1ccccc1.I. The number of guanidine groups is 1. The van der Waals surface area contributed by atoms with Gasteiger partial charge < -0.3 is 20.3 Å². The average Bonchev–Trinajstić information content (AvgIpc) is 3.23. The van der Waals surface area contributed by atoms with Gasteiger partial charge in [-0.3, -0.25) is 0 Å². The predicted octanol–water partition coefficient (Wildman–Crippen LogP) is 3.79. The Labute approximate surface area is 188 Å². The number of nitrogens with zero attached hydrogens (tertiary/aromatic N) is 2. The topological polar surface area (TPSA) is 82.7 Å². The summed E-state index contributed by atoms with van der Waals surface area (Å²) in [6.45, 7) is 3.82. The minimum atomic E-state index is 0. The molecule has 6 nitrogen and oxygen atoms in total. The normalized spacial score (nSPS) is 12.1. The Morgan fingerprint density at radius 2 is 1.76 bits per heavy atom. The minimum Gasteiger partial charge on any atom is -0.396 e. The van der Waals surface area contributed by atoms with E-state index < -0.39 is 0 Å². The zero-order valence-electron chi connectivity index (χ0n) is 16.4. The van der Waals surface area contributed by atoms with Crippen LogP contribution < -0.4 is 10.6 Å². The molecule has 2 aromatic carbocycles. The first kappa shape index (κ1) is 22.9. The molecule has 1 atom stereocenters. The van der Waals surface area contributed by atoms with Crippen molar-refractivity contribution in [2.45, 2.75) is 19.4 Å². The number of hydrogen-bond donors (Lipinski definition) is 3. The third kappa shape index (κ3) is 6.86. The summed E-state index contributed by atoms with van der Waals surface area (Å²) >= 11 is 0. The highest BCUT2D eigenvalue weighted by Crippen LogP contribution is 2.20. The molecule has 0 saturated heterocycles. The van der Waals surface area contributed by atoms with Crippen LogP contribution in [0.5, 0.6) is 0 Å². The molecule has 0 spiro atoms. The van der Waals surface area contributed by atoms with Gasteiger partial charge in [0.15, 0.2) is 11.7 Å². The van der Waals surface area contributed by atoms with Crippen molar-refractivity contribution in [3.63, 3.8) is 0 Å². The van der Waals surface area contributed by atoms with Crippen LogP contribution in [0.25, 0.3) is 11.3 Å². The lowest BCUT2D eigenvalue weighted by molar-refractivity contribution is 0.265. The van der Waals surface area contributed by atoms with Crippen molar-refractivity contribution in [2.75, 3.05) is 19.7 Å². The molecule has 3 rings (SSSR count). The molecule has 0 radical (unpaired) electrons. The molecule has 0 aliphatic rings. The molecule has 1 heterocycles. The number of nitrogens with one attached hydrogen (secondary N) is 2. The van der Waals surface area contributed by atoms with Crippen LogP contribution in [0.15, 0.2) is 76.2 Å². The van der Waals surface area contributed by atoms with Crippen LogP contribution in [-0.2, 0) is 6.54 Å². The number of halogens is 1. The van der Waals surface area contributed by atoms with Crippen molar-refractivity contribution in [2.24, 2.45) is 4.99 Å². The van der Waals surface area contributed by atoms with Gasteiger partial charge in [0.1, 0.15) is 5.69 Å². The molecular formula is C22H27IN4O2. The van der Waals surface area contributed by atoms with E-state index in [0.29, 0.717) is 19.0 Å². The Bertz CT molecular complexity index is 869. The lowest BCUT2D eigenvalue weighted by atomic mass is 10.0. The van der Waals surface area contributed by atoms with Gasteiger partial charge in [-0.15, -0.1) is 24.0 Å². The number of aliphatic hydroxyl groups excluding tert-OH is 1. The summed E-state index contributed by atoms with van der Waals surface area (Å²) in [6, 6.07) is 21.7. The van der Waals surface area contributed by atoms with E-state index in [-0.39, 0.29) is 36.5 Å². The van der Waals surface area contributed by atoms with Gasteiger partial charge in [-0.2, -0.15) is 0 Å². The van der Waals surface area contributed by atoms with Crippen LogP contribution in [0.4, 0.5) is 0 Å². The molecule has 3 aromatic rings. The molecule has 0 fully saturated rings. The van der Waals surface area contributed by atoms with E-state index in [1.54, 1.807) is 0 Å². The summed E-state index contributed by atoms with van der Waals surface area (Å²) in [4.78, 5) is 4.58. The number of rotatable bonds is 8. The van der Waals surface area contributed by atoms with E-state index in [4.69, 9.17) is 4.52 Å². The number of aliphatic hydroxyl groups is 1. The fraction of sp³-hybridized carbons (Fsp3) is 0.273. The Kier molecular flexibility index (Phi) is 9.66. The van der Waals surface area contributed by atoms with Gasteiger partial charge in [-0.05, 0) is 12.5 Å². The summed E-state index contributed by atoms with van der Waals surface area (Å²) in [5.41, 5.74) is 2.85. The number of hydrogen-bond acceptors (Lipinski definition) is 4. The van der Waals surface area contributed by atoms with E-state index in [0.717, 1.165) is 29.1 Å². The van der Waals surface area contributed by atoms with Crippen LogP contribution in [0, 0.1) is 0 Å². The Morgan fingerprint density at radius 1 is 1.07 bits per heavy atom. The maximum Gasteiger partial charge on any atom is 0.191 e. The lowest BCUT2D eigenvalue weighted by Crippen LogP contribution is -2.39. The van der Waals surface area contributed by atoms with Crippen molar-refractivity contribution in [1.29, 1.82) is 0 Å². The third-order valence-corrected chi connectivity index (χ3v) is 4.37. The Morgan fingerprint density at radius 3 is 2.41 bits per heavy atom. The molecule has 0 saturated carbocycles. The van der Waals surface area contributed by atoms with Gasteiger partial charge in [0.05, 0.1) is 13.2 Å². The van der Waals surface area contributed by atoms with Crippen molar-refractivity contribution < 1.29 is 9.63 Å². The van der Waals surface area contributed by atoms with Gasteiger partial charge in [-0.25, -0.2) is 4.99 Å². The van der Waals surface area contributed by atoms with E-state index in [1.165, 1.54) is 0 Å². The second-order valence-electron chi connectivity index (χ2n) is 6.41. The quantitative estimate of drug-likeness (QED) is 0.246. The third-order valence-electron chi connectivity index (χ3n) is 4.37. The van der Waals surface area contributed by atoms with Gasteiger partial charge >= 0.3 is 0 Å².